The van der Waals surface area contributed by atoms with E-state index in [-0.39, 0.29) is 11.3 Å². The lowest BCUT2D eigenvalue weighted by molar-refractivity contribution is 0.102. The summed E-state index contributed by atoms with van der Waals surface area (Å²) in [5.74, 6) is -0.290. The predicted molar refractivity (Wildman–Crippen MR) is 89.4 cm³/mol. The Bertz CT molecular complexity index is 1140. The molecule has 136 valence electrons. The number of hydrogen-bond acceptors (Lipinski definition) is 7. The Kier molecular flexibility index (Phi) is 4.57. The Morgan fingerprint density at radius 3 is 2.23 bits per heavy atom. The first-order valence-corrected chi connectivity index (χ1v) is 10.3. The summed E-state index contributed by atoms with van der Waals surface area (Å²) < 4.78 is 67.7. The summed E-state index contributed by atoms with van der Waals surface area (Å²) in [5.41, 5.74) is 1.54. The number of Topliss-reactive ketones (excluding diaryl/α,β-unsaturated/α-hetero) is 1. The summed E-state index contributed by atoms with van der Waals surface area (Å²) >= 11 is 0. The number of allylic oxidation sites excluding steroid dienone is 1. The first-order valence-electron chi connectivity index (χ1n) is 7.46. The lowest BCUT2D eigenvalue weighted by atomic mass is 9.86. The SMILES string of the molecule is O=C1/C(=C/c2ccc(S(=O)(=O)[O-])cc2S(=O)(=O)[O-])CCc2ccccc21. The minimum Gasteiger partial charge on any atom is -0.744 e. The zero-order valence-corrected chi connectivity index (χ0v) is 14.8. The molecular formula is C17H12O7S2-2. The van der Waals surface area contributed by atoms with Gasteiger partial charge >= 0.3 is 0 Å². The van der Waals surface area contributed by atoms with E-state index in [1.54, 1.807) is 12.1 Å². The molecule has 3 rings (SSSR count). The molecule has 2 aromatic carbocycles. The van der Waals surface area contributed by atoms with E-state index in [2.05, 4.69) is 0 Å². The van der Waals surface area contributed by atoms with Gasteiger partial charge in [0.05, 0.1) is 9.79 Å². The monoisotopic (exact) mass is 392 g/mol. The van der Waals surface area contributed by atoms with E-state index in [1.165, 1.54) is 6.08 Å². The molecule has 0 bridgehead atoms. The molecule has 0 unspecified atom stereocenters. The number of hydrogen-bond donors (Lipinski definition) is 0. The number of carbonyl (C=O) groups excluding carboxylic acids is 1. The van der Waals surface area contributed by atoms with Crippen molar-refractivity contribution in [3.63, 3.8) is 0 Å². The Balaban J connectivity index is 2.14. The first kappa shape index (κ1) is 18.5. The molecule has 0 aliphatic heterocycles. The van der Waals surface area contributed by atoms with E-state index in [0.717, 1.165) is 17.7 Å². The van der Waals surface area contributed by atoms with Gasteiger partial charge in [0.25, 0.3) is 0 Å². The van der Waals surface area contributed by atoms with E-state index in [1.807, 2.05) is 12.1 Å². The van der Waals surface area contributed by atoms with Gasteiger partial charge in [-0.3, -0.25) is 4.79 Å². The topological polar surface area (TPSA) is 131 Å². The molecule has 2 aromatic rings. The highest BCUT2D eigenvalue weighted by Gasteiger charge is 2.22. The van der Waals surface area contributed by atoms with E-state index < -0.39 is 30.0 Å². The van der Waals surface area contributed by atoms with Gasteiger partial charge in [-0.15, -0.1) is 0 Å². The quantitative estimate of drug-likeness (QED) is 0.574. The van der Waals surface area contributed by atoms with Crippen LogP contribution in [0.3, 0.4) is 0 Å². The van der Waals surface area contributed by atoms with Crippen molar-refractivity contribution < 1.29 is 30.7 Å². The van der Waals surface area contributed by atoms with Crippen LogP contribution in [-0.2, 0) is 26.7 Å². The maximum absolute atomic E-state index is 12.6. The number of benzene rings is 2. The largest absolute Gasteiger partial charge is 0.744 e. The van der Waals surface area contributed by atoms with Gasteiger partial charge in [0.2, 0.25) is 0 Å². The highest BCUT2D eigenvalue weighted by molar-refractivity contribution is 7.86. The molecule has 0 spiro atoms. The van der Waals surface area contributed by atoms with Gasteiger partial charge in [0, 0.05) is 11.1 Å². The molecule has 0 aromatic heterocycles. The lowest BCUT2D eigenvalue weighted by Gasteiger charge is -2.19. The van der Waals surface area contributed by atoms with Crippen molar-refractivity contribution in [3.05, 3.63) is 64.7 Å². The van der Waals surface area contributed by atoms with Gasteiger partial charge in [-0.2, -0.15) is 0 Å². The van der Waals surface area contributed by atoms with E-state index in [0.29, 0.717) is 30.0 Å². The predicted octanol–water partition coefficient (Wildman–Crippen LogP) is 1.71. The number of aryl methyl sites for hydroxylation is 1. The van der Waals surface area contributed by atoms with Gasteiger partial charge < -0.3 is 9.11 Å². The second kappa shape index (κ2) is 6.44. The highest BCUT2D eigenvalue weighted by Crippen LogP contribution is 2.29. The van der Waals surface area contributed by atoms with Crippen LogP contribution >= 0.6 is 0 Å². The van der Waals surface area contributed by atoms with Crippen molar-refractivity contribution >= 4 is 32.1 Å². The van der Waals surface area contributed by atoms with E-state index >= 15 is 0 Å². The first-order chi connectivity index (χ1) is 12.1. The third-order valence-electron chi connectivity index (χ3n) is 4.09. The van der Waals surface area contributed by atoms with Crippen LogP contribution in [0.2, 0.25) is 0 Å². The minimum absolute atomic E-state index is 0.130. The maximum Gasteiger partial charge on any atom is 0.189 e. The van der Waals surface area contributed by atoms with Gasteiger partial charge in [0.15, 0.2) is 5.78 Å². The third kappa shape index (κ3) is 3.61. The van der Waals surface area contributed by atoms with Crippen molar-refractivity contribution in [2.45, 2.75) is 22.6 Å². The summed E-state index contributed by atoms with van der Waals surface area (Å²) in [5, 5.41) is 0. The van der Waals surface area contributed by atoms with Crippen LogP contribution < -0.4 is 0 Å². The van der Waals surface area contributed by atoms with Gasteiger partial charge in [-0.25, -0.2) is 16.8 Å². The normalized spacial score (nSPS) is 16.5. The van der Waals surface area contributed by atoms with Crippen LogP contribution in [-0.4, -0.2) is 31.7 Å². The molecular weight excluding hydrogens is 380 g/mol. The van der Waals surface area contributed by atoms with Crippen molar-refractivity contribution in [2.75, 3.05) is 0 Å². The molecule has 0 amide bonds. The highest BCUT2D eigenvalue weighted by atomic mass is 32.2. The molecule has 7 nitrogen and oxygen atoms in total. The summed E-state index contributed by atoms with van der Waals surface area (Å²) in [6.07, 6.45) is 2.17. The Labute approximate surface area is 150 Å². The number of fused-ring (bicyclic) bond motifs is 1. The van der Waals surface area contributed by atoms with Gasteiger partial charge in [-0.05, 0) is 42.2 Å². The number of rotatable bonds is 3. The molecule has 26 heavy (non-hydrogen) atoms. The smallest absolute Gasteiger partial charge is 0.189 e. The second-order valence-corrected chi connectivity index (χ2v) is 8.49. The summed E-state index contributed by atoms with van der Waals surface area (Å²) in [7, 11) is -9.98. The van der Waals surface area contributed by atoms with Crippen LogP contribution in [0.1, 0.15) is 27.9 Å². The molecule has 0 radical (unpaired) electrons. The molecule has 0 heterocycles. The van der Waals surface area contributed by atoms with Crippen LogP contribution in [0.25, 0.3) is 6.08 Å². The fraction of sp³-hybridized carbons (Fsp3) is 0.118. The van der Waals surface area contributed by atoms with E-state index in [9.17, 15) is 30.7 Å². The van der Waals surface area contributed by atoms with Gasteiger partial charge in [0.1, 0.15) is 20.2 Å². The zero-order valence-electron chi connectivity index (χ0n) is 13.2. The van der Waals surface area contributed by atoms with Crippen molar-refractivity contribution in [1.82, 2.24) is 0 Å². The molecule has 0 saturated carbocycles. The Morgan fingerprint density at radius 2 is 1.58 bits per heavy atom. The maximum atomic E-state index is 12.6. The molecule has 0 saturated heterocycles. The summed E-state index contributed by atoms with van der Waals surface area (Å²) in [4.78, 5) is 10.9. The average Bonchev–Trinajstić information content (AvgIpc) is 2.56. The summed E-state index contributed by atoms with van der Waals surface area (Å²) in [6.45, 7) is 0. The lowest BCUT2D eigenvalue weighted by Crippen LogP contribution is -2.14. The van der Waals surface area contributed by atoms with Crippen LogP contribution in [0.5, 0.6) is 0 Å². The minimum atomic E-state index is -5.05. The zero-order chi connectivity index (χ0) is 19.1. The van der Waals surface area contributed by atoms with Crippen molar-refractivity contribution in [3.8, 4) is 0 Å². The van der Waals surface area contributed by atoms with Gasteiger partial charge in [-0.1, -0.05) is 30.3 Å². The second-order valence-electron chi connectivity index (χ2n) is 5.76. The van der Waals surface area contributed by atoms with Crippen LogP contribution in [0.15, 0.2) is 57.8 Å². The molecule has 9 heteroatoms. The standard InChI is InChI=1S/C17H14O7S2/c18-17-13(6-5-11-3-1-2-4-15(11)17)9-12-7-8-14(25(19,20)21)10-16(12)26(22,23)24/h1-4,7-10H,5-6H2,(H,19,20,21)(H,22,23,24)/p-2/b13-9+. The Hall–Kier alpha value is -2.33. The van der Waals surface area contributed by atoms with Crippen LogP contribution in [0, 0.1) is 0 Å². The molecule has 0 fully saturated rings. The van der Waals surface area contributed by atoms with Crippen molar-refractivity contribution in [1.29, 1.82) is 0 Å². The number of carbonyl (C=O) groups is 1. The molecule has 1 aliphatic rings. The van der Waals surface area contributed by atoms with Crippen LogP contribution in [0.4, 0.5) is 0 Å². The average molecular weight is 392 g/mol. The molecule has 0 N–H and O–H groups in total. The van der Waals surface area contributed by atoms with E-state index in [4.69, 9.17) is 0 Å². The van der Waals surface area contributed by atoms with Crippen molar-refractivity contribution in [2.24, 2.45) is 0 Å². The number of ketones is 1. The summed E-state index contributed by atoms with van der Waals surface area (Å²) in [6, 6.07) is 9.47. The fourth-order valence-electron chi connectivity index (χ4n) is 2.85. The molecule has 1 aliphatic carbocycles. The third-order valence-corrected chi connectivity index (χ3v) is 5.81. The fourth-order valence-corrected chi connectivity index (χ4v) is 4.11. The Morgan fingerprint density at radius 1 is 0.885 bits per heavy atom. The molecule has 0 atom stereocenters.